The lowest BCUT2D eigenvalue weighted by Gasteiger charge is -2.54. The Morgan fingerprint density at radius 2 is 2.09 bits per heavy atom. The molecule has 2 aliphatic heterocycles. The van der Waals surface area contributed by atoms with Crippen molar-refractivity contribution < 1.29 is 8.42 Å². The number of sulfonamides is 1. The highest BCUT2D eigenvalue weighted by Crippen LogP contribution is 2.42. The monoisotopic (exact) mass is 326 g/mol. The summed E-state index contributed by atoms with van der Waals surface area (Å²) < 4.78 is 26.0. The van der Waals surface area contributed by atoms with Crippen LogP contribution < -0.4 is 0 Å². The molecule has 0 bridgehead atoms. The first-order chi connectivity index (χ1) is 10.2. The number of hydrazine groups is 1. The van der Waals surface area contributed by atoms with Crippen LogP contribution in [0.3, 0.4) is 0 Å². The summed E-state index contributed by atoms with van der Waals surface area (Å²) in [6, 6.07) is 3.08. The highest BCUT2D eigenvalue weighted by atomic mass is 32.2. The predicted octanol–water partition coefficient (Wildman–Crippen LogP) is 1.54. The van der Waals surface area contributed by atoms with E-state index in [-0.39, 0.29) is 0 Å². The zero-order valence-electron chi connectivity index (χ0n) is 13.9. The van der Waals surface area contributed by atoms with Crippen LogP contribution in [-0.4, -0.2) is 58.7 Å². The molecule has 124 valence electrons. The number of nitriles is 1. The van der Waals surface area contributed by atoms with Crippen LogP contribution >= 0.6 is 0 Å². The van der Waals surface area contributed by atoms with Gasteiger partial charge in [0.2, 0.25) is 10.0 Å². The SMILES string of the molecule is C=CN(N1C(C)[C@H]1CC)C1(CC#N)CN(S(=O)(=O)C(C)C)C1. The third-order valence-electron chi connectivity index (χ3n) is 4.86. The summed E-state index contributed by atoms with van der Waals surface area (Å²) in [5, 5.41) is 13.0. The fourth-order valence-corrected chi connectivity index (χ4v) is 4.82. The van der Waals surface area contributed by atoms with E-state index in [0.29, 0.717) is 31.6 Å². The van der Waals surface area contributed by atoms with E-state index >= 15 is 0 Å². The molecule has 0 N–H and O–H groups in total. The zero-order valence-corrected chi connectivity index (χ0v) is 14.7. The third kappa shape index (κ3) is 2.53. The predicted molar refractivity (Wildman–Crippen MR) is 86.0 cm³/mol. The van der Waals surface area contributed by atoms with E-state index in [4.69, 9.17) is 0 Å². The van der Waals surface area contributed by atoms with Crippen LogP contribution in [0.15, 0.2) is 12.8 Å². The Morgan fingerprint density at radius 3 is 2.45 bits per heavy atom. The molecular weight excluding hydrogens is 300 g/mol. The molecule has 2 heterocycles. The average Bonchev–Trinajstić information content (AvgIpc) is 3.05. The molecular formula is C15H26N4O2S. The second kappa shape index (κ2) is 5.84. The summed E-state index contributed by atoms with van der Waals surface area (Å²) in [7, 11) is -3.26. The van der Waals surface area contributed by atoms with Gasteiger partial charge in [0.25, 0.3) is 0 Å². The van der Waals surface area contributed by atoms with E-state index in [1.54, 1.807) is 20.0 Å². The molecule has 7 heteroatoms. The second-order valence-corrected chi connectivity index (χ2v) is 9.03. The van der Waals surface area contributed by atoms with E-state index in [1.807, 2.05) is 5.01 Å². The molecule has 2 fully saturated rings. The fourth-order valence-electron chi connectivity index (χ4n) is 3.39. The van der Waals surface area contributed by atoms with Crippen LogP contribution in [0.2, 0.25) is 0 Å². The number of rotatable bonds is 7. The molecule has 2 aliphatic rings. The van der Waals surface area contributed by atoms with E-state index in [1.165, 1.54) is 4.31 Å². The van der Waals surface area contributed by atoms with Crippen molar-refractivity contribution in [2.24, 2.45) is 0 Å². The summed E-state index contributed by atoms with van der Waals surface area (Å²) in [6.45, 7) is 12.2. The maximum absolute atomic E-state index is 12.3. The minimum Gasteiger partial charge on any atom is -0.303 e. The highest BCUT2D eigenvalue weighted by Gasteiger charge is 2.58. The van der Waals surface area contributed by atoms with Crippen LogP contribution in [-0.2, 0) is 10.0 Å². The molecule has 22 heavy (non-hydrogen) atoms. The molecule has 2 saturated heterocycles. The third-order valence-corrected chi connectivity index (χ3v) is 7.02. The molecule has 3 atom stereocenters. The summed E-state index contributed by atoms with van der Waals surface area (Å²) in [6.07, 6.45) is 3.06. The van der Waals surface area contributed by atoms with Crippen molar-refractivity contribution in [3.05, 3.63) is 12.8 Å². The van der Waals surface area contributed by atoms with Crippen LogP contribution in [0.1, 0.15) is 40.5 Å². The van der Waals surface area contributed by atoms with Crippen LogP contribution in [0.25, 0.3) is 0 Å². The summed E-state index contributed by atoms with van der Waals surface area (Å²) >= 11 is 0. The lowest BCUT2D eigenvalue weighted by atomic mass is 9.88. The maximum atomic E-state index is 12.3. The minimum absolute atomic E-state index is 0.294. The Labute approximate surface area is 134 Å². The topological polar surface area (TPSA) is 67.4 Å². The van der Waals surface area contributed by atoms with Gasteiger partial charge in [-0.1, -0.05) is 13.5 Å². The minimum atomic E-state index is -3.26. The van der Waals surface area contributed by atoms with E-state index in [9.17, 15) is 13.7 Å². The first-order valence-electron chi connectivity index (χ1n) is 7.81. The number of nitrogens with zero attached hydrogens (tertiary/aromatic N) is 4. The Kier molecular flexibility index (Phi) is 4.58. The molecule has 0 saturated carbocycles. The molecule has 2 rings (SSSR count). The smallest absolute Gasteiger partial charge is 0.216 e. The van der Waals surface area contributed by atoms with Gasteiger partial charge in [0.1, 0.15) is 0 Å². The van der Waals surface area contributed by atoms with Gasteiger partial charge in [-0.2, -0.15) is 9.57 Å². The van der Waals surface area contributed by atoms with Gasteiger partial charge in [-0.05, 0) is 27.2 Å². The average molecular weight is 326 g/mol. The first kappa shape index (κ1) is 17.3. The summed E-state index contributed by atoms with van der Waals surface area (Å²) in [5.41, 5.74) is -0.476. The van der Waals surface area contributed by atoms with Crippen LogP contribution in [0, 0.1) is 11.3 Å². The van der Waals surface area contributed by atoms with Gasteiger partial charge in [0.15, 0.2) is 0 Å². The largest absolute Gasteiger partial charge is 0.303 e. The molecule has 0 spiro atoms. The molecule has 2 unspecified atom stereocenters. The molecule has 0 aromatic carbocycles. The Balaban J connectivity index is 2.19. The number of hydrogen-bond donors (Lipinski definition) is 0. The second-order valence-electron chi connectivity index (χ2n) is 6.54. The number of hydrogen-bond acceptors (Lipinski definition) is 5. The molecule has 0 aromatic rings. The van der Waals surface area contributed by atoms with Crippen molar-refractivity contribution in [2.45, 2.75) is 63.4 Å². The fraction of sp³-hybridized carbons (Fsp3) is 0.800. The normalized spacial score (nSPS) is 30.5. The molecule has 0 amide bonds. The van der Waals surface area contributed by atoms with E-state index < -0.39 is 20.8 Å². The maximum Gasteiger partial charge on any atom is 0.216 e. The van der Waals surface area contributed by atoms with Crippen molar-refractivity contribution in [1.82, 2.24) is 14.3 Å². The lowest BCUT2D eigenvalue weighted by Crippen LogP contribution is -2.71. The van der Waals surface area contributed by atoms with Gasteiger partial charge in [-0.25, -0.2) is 13.4 Å². The van der Waals surface area contributed by atoms with Crippen molar-refractivity contribution in [3.63, 3.8) is 0 Å². The standard InChI is InChI=1S/C15H26N4O2S/c1-6-14-13(5)19(14)18(7-2)15(8-9-16)10-17(11-15)22(20,21)12(3)4/h7,12-14H,2,6,8,10-11H2,1,3-5H3/t13?,14-,19?/m1/s1. The molecule has 6 nitrogen and oxygen atoms in total. The zero-order chi connectivity index (χ0) is 16.7. The van der Waals surface area contributed by atoms with E-state index in [0.717, 1.165) is 6.42 Å². The van der Waals surface area contributed by atoms with Gasteiger partial charge in [-0.3, -0.25) is 0 Å². The van der Waals surface area contributed by atoms with Gasteiger partial charge >= 0.3 is 0 Å². The van der Waals surface area contributed by atoms with Crippen molar-refractivity contribution in [1.29, 1.82) is 5.26 Å². The molecule has 0 radical (unpaired) electrons. The van der Waals surface area contributed by atoms with Crippen molar-refractivity contribution >= 4 is 10.0 Å². The van der Waals surface area contributed by atoms with Gasteiger partial charge in [0, 0.05) is 31.4 Å². The first-order valence-corrected chi connectivity index (χ1v) is 9.31. The van der Waals surface area contributed by atoms with Crippen LogP contribution in [0.5, 0.6) is 0 Å². The Morgan fingerprint density at radius 1 is 1.50 bits per heavy atom. The van der Waals surface area contributed by atoms with Crippen molar-refractivity contribution in [3.8, 4) is 6.07 Å². The van der Waals surface area contributed by atoms with Crippen molar-refractivity contribution in [2.75, 3.05) is 13.1 Å². The molecule has 0 aliphatic carbocycles. The van der Waals surface area contributed by atoms with Gasteiger partial charge in [-0.15, -0.1) is 0 Å². The van der Waals surface area contributed by atoms with E-state index in [2.05, 4.69) is 31.5 Å². The van der Waals surface area contributed by atoms with Gasteiger partial charge < -0.3 is 5.01 Å². The molecule has 0 aromatic heterocycles. The Hall–Kier alpha value is -1.10. The van der Waals surface area contributed by atoms with Crippen LogP contribution in [0.4, 0.5) is 0 Å². The summed E-state index contributed by atoms with van der Waals surface area (Å²) in [5.74, 6) is 0. The Bertz CT molecular complexity index is 575. The summed E-state index contributed by atoms with van der Waals surface area (Å²) in [4.78, 5) is 0. The highest BCUT2D eigenvalue weighted by molar-refractivity contribution is 7.89. The van der Waals surface area contributed by atoms with Gasteiger partial charge in [0.05, 0.1) is 23.3 Å². The lowest BCUT2D eigenvalue weighted by molar-refractivity contribution is -0.0673. The quantitative estimate of drug-likeness (QED) is 0.664.